The van der Waals surface area contributed by atoms with Crippen LogP contribution < -0.4 is 0 Å². The Kier molecular flexibility index (Phi) is 2.59. The summed E-state index contributed by atoms with van der Waals surface area (Å²) in [5, 5.41) is 11.7. The molecule has 0 aromatic carbocycles. The van der Waals surface area contributed by atoms with Crippen LogP contribution in [0.2, 0.25) is 0 Å². The van der Waals surface area contributed by atoms with Gasteiger partial charge in [-0.3, -0.25) is 4.79 Å². The summed E-state index contributed by atoms with van der Waals surface area (Å²) in [7, 11) is 0. The van der Waals surface area contributed by atoms with Gasteiger partial charge < -0.3 is 9.52 Å². The summed E-state index contributed by atoms with van der Waals surface area (Å²) in [5.74, 6) is -1.10. The van der Waals surface area contributed by atoms with Crippen molar-refractivity contribution in [1.29, 1.82) is 0 Å². The average Bonchev–Trinajstić information content (AvgIpc) is 2.56. The number of aliphatic hydroxyl groups is 1. The Labute approximate surface area is 73.6 Å². The van der Waals surface area contributed by atoms with Gasteiger partial charge in [-0.05, 0) is 17.3 Å². The number of hydrogen-bond donors (Lipinski definition) is 1. The van der Waals surface area contributed by atoms with Crippen molar-refractivity contribution in [3.05, 3.63) is 34.8 Å². The maximum atomic E-state index is 10.8. The molecule has 0 aliphatic carbocycles. The fraction of sp³-hybridized carbons (Fsp3) is 0.125. The van der Waals surface area contributed by atoms with Crippen LogP contribution in [0.15, 0.2) is 33.7 Å². The molecule has 1 aromatic heterocycles. The Morgan fingerprint density at radius 3 is 2.69 bits per heavy atom. The first-order valence-electron chi connectivity index (χ1n) is 3.48. The molecule has 1 heterocycles. The fourth-order valence-electron chi connectivity index (χ4n) is 0.804. The maximum absolute atomic E-state index is 10.8. The highest BCUT2D eigenvalue weighted by molar-refractivity contribution is 5.98. The highest BCUT2D eigenvalue weighted by Crippen LogP contribution is 2.17. The molecule has 68 valence electrons. The van der Waals surface area contributed by atoms with Crippen molar-refractivity contribution >= 4 is 11.5 Å². The Morgan fingerprint density at radius 2 is 2.31 bits per heavy atom. The van der Waals surface area contributed by atoms with Crippen molar-refractivity contribution in [3.8, 4) is 0 Å². The average molecular weight is 181 g/mol. The number of allylic oxidation sites excluding steroid dienone is 1. The molecule has 0 aliphatic heterocycles. The van der Waals surface area contributed by atoms with Crippen molar-refractivity contribution in [2.75, 3.05) is 0 Å². The molecule has 0 radical (unpaired) electrons. The van der Waals surface area contributed by atoms with Gasteiger partial charge >= 0.3 is 0 Å². The molecule has 0 fully saturated rings. The number of ketones is 1. The molecule has 0 aliphatic rings. The zero-order valence-corrected chi connectivity index (χ0v) is 6.85. The van der Waals surface area contributed by atoms with Crippen LogP contribution in [-0.2, 0) is 4.79 Å². The molecule has 13 heavy (non-hydrogen) atoms. The van der Waals surface area contributed by atoms with Gasteiger partial charge in [0.1, 0.15) is 0 Å². The van der Waals surface area contributed by atoms with E-state index in [2.05, 4.69) is 5.18 Å². The highest BCUT2D eigenvalue weighted by Gasteiger charge is 2.15. The number of carbonyl (C=O) groups excluding carboxylic acids is 1. The van der Waals surface area contributed by atoms with E-state index in [1.807, 2.05) is 0 Å². The van der Waals surface area contributed by atoms with E-state index in [-0.39, 0.29) is 5.76 Å². The summed E-state index contributed by atoms with van der Waals surface area (Å²) < 4.78 is 4.77. The number of Topliss-reactive ketones (excluding diaryl/α,β-unsaturated/α-hetero) is 1. The SMILES string of the molecule is CC(=O)C(N=O)=C(O)c1ccco1. The highest BCUT2D eigenvalue weighted by atomic mass is 16.4. The second-order valence-corrected chi connectivity index (χ2v) is 2.32. The summed E-state index contributed by atoms with van der Waals surface area (Å²) in [4.78, 5) is 20.9. The molecule has 0 atom stereocenters. The zero-order valence-electron chi connectivity index (χ0n) is 6.85. The van der Waals surface area contributed by atoms with E-state index < -0.39 is 17.2 Å². The smallest absolute Gasteiger partial charge is 0.196 e. The monoisotopic (exact) mass is 181 g/mol. The first-order valence-corrected chi connectivity index (χ1v) is 3.48. The topological polar surface area (TPSA) is 79.9 Å². The Hall–Kier alpha value is -1.91. The molecule has 0 bridgehead atoms. The Balaban J connectivity index is 3.16. The summed E-state index contributed by atoms with van der Waals surface area (Å²) in [6, 6.07) is 2.94. The minimum Gasteiger partial charge on any atom is -0.503 e. The van der Waals surface area contributed by atoms with E-state index in [1.165, 1.54) is 18.4 Å². The summed E-state index contributed by atoms with van der Waals surface area (Å²) in [6.07, 6.45) is 1.31. The first kappa shape index (κ1) is 9.18. The molecule has 1 N–H and O–H groups in total. The van der Waals surface area contributed by atoms with Crippen LogP contribution >= 0.6 is 0 Å². The lowest BCUT2D eigenvalue weighted by molar-refractivity contribution is -0.113. The lowest BCUT2D eigenvalue weighted by Gasteiger charge is -1.95. The van der Waals surface area contributed by atoms with Gasteiger partial charge in [0.2, 0.25) is 0 Å². The predicted octanol–water partition coefficient (Wildman–Crippen LogP) is 1.86. The standard InChI is InChI=1S/C8H7NO4/c1-5(10)7(9-12)8(11)6-3-2-4-13-6/h2-4,11H,1H3. The lowest BCUT2D eigenvalue weighted by atomic mass is 10.2. The van der Waals surface area contributed by atoms with Crippen LogP contribution in [0.5, 0.6) is 0 Å². The third kappa shape index (κ3) is 1.81. The van der Waals surface area contributed by atoms with Crippen LogP contribution in [0.1, 0.15) is 12.7 Å². The van der Waals surface area contributed by atoms with Crippen molar-refractivity contribution in [2.45, 2.75) is 6.92 Å². The molecule has 0 spiro atoms. The summed E-state index contributed by atoms with van der Waals surface area (Å²) in [5.41, 5.74) is -0.532. The van der Waals surface area contributed by atoms with Gasteiger partial charge in [0.05, 0.1) is 6.26 Å². The quantitative estimate of drug-likeness (QED) is 0.438. The van der Waals surface area contributed by atoms with E-state index in [0.717, 1.165) is 6.92 Å². The molecule has 0 saturated heterocycles. The Bertz CT molecular complexity index is 350. The van der Waals surface area contributed by atoms with E-state index in [0.29, 0.717) is 0 Å². The first-order chi connectivity index (χ1) is 6.16. The zero-order chi connectivity index (χ0) is 9.84. The third-order valence-corrected chi connectivity index (χ3v) is 1.40. The molecule has 5 heteroatoms. The molecular weight excluding hydrogens is 174 g/mol. The van der Waals surface area contributed by atoms with Crippen molar-refractivity contribution < 1.29 is 14.3 Å². The van der Waals surface area contributed by atoms with Crippen molar-refractivity contribution in [2.24, 2.45) is 5.18 Å². The largest absolute Gasteiger partial charge is 0.503 e. The van der Waals surface area contributed by atoms with Gasteiger partial charge in [-0.15, -0.1) is 4.91 Å². The number of aliphatic hydroxyl groups excluding tert-OH is 1. The normalized spacial score (nSPS) is 12.1. The second kappa shape index (κ2) is 3.66. The van der Waals surface area contributed by atoms with E-state index >= 15 is 0 Å². The predicted molar refractivity (Wildman–Crippen MR) is 44.7 cm³/mol. The molecule has 0 unspecified atom stereocenters. The number of carbonyl (C=O) groups is 1. The molecule has 1 rings (SSSR count). The molecule has 0 saturated carbocycles. The van der Waals surface area contributed by atoms with Gasteiger partial charge in [0.15, 0.2) is 23.0 Å². The van der Waals surface area contributed by atoms with Gasteiger partial charge in [0, 0.05) is 6.92 Å². The van der Waals surface area contributed by atoms with E-state index in [1.54, 1.807) is 0 Å². The van der Waals surface area contributed by atoms with Crippen LogP contribution in [0.4, 0.5) is 0 Å². The minimum atomic E-state index is -0.607. The van der Waals surface area contributed by atoms with Crippen LogP contribution in [0.3, 0.4) is 0 Å². The number of hydrogen-bond acceptors (Lipinski definition) is 5. The van der Waals surface area contributed by atoms with Gasteiger partial charge in [0.25, 0.3) is 0 Å². The van der Waals surface area contributed by atoms with Gasteiger partial charge in [-0.25, -0.2) is 0 Å². The third-order valence-electron chi connectivity index (χ3n) is 1.40. The minimum absolute atomic E-state index is 0.0461. The fourth-order valence-corrected chi connectivity index (χ4v) is 0.804. The van der Waals surface area contributed by atoms with E-state index in [9.17, 15) is 14.8 Å². The number of rotatable bonds is 3. The van der Waals surface area contributed by atoms with Crippen LogP contribution in [-0.4, -0.2) is 10.9 Å². The van der Waals surface area contributed by atoms with Crippen LogP contribution in [0.25, 0.3) is 5.76 Å². The van der Waals surface area contributed by atoms with Crippen molar-refractivity contribution in [3.63, 3.8) is 0 Å². The van der Waals surface area contributed by atoms with E-state index in [4.69, 9.17) is 4.42 Å². The van der Waals surface area contributed by atoms with Gasteiger partial charge in [-0.2, -0.15) is 0 Å². The van der Waals surface area contributed by atoms with Crippen molar-refractivity contribution in [1.82, 2.24) is 0 Å². The second-order valence-electron chi connectivity index (χ2n) is 2.32. The Morgan fingerprint density at radius 1 is 1.62 bits per heavy atom. The summed E-state index contributed by atoms with van der Waals surface area (Å²) in [6.45, 7) is 1.13. The number of nitroso groups, excluding NO2 is 1. The summed E-state index contributed by atoms with van der Waals surface area (Å²) >= 11 is 0. The van der Waals surface area contributed by atoms with Gasteiger partial charge in [-0.1, -0.05) is 0 Å². The number of furan rings is 1. The molecular formula is C8H7NO4. The molecule has 5 nitrogen and oxygen atoms in total. The lowest BCUT2D eigenvalue weighted by Crippen LogP contribution is -1.97. The molecule has 0 amide bonds. The maximum Gasteiger partial charge on any atom is 0.196 e. The number of nitrogens with zero attached hydrogens (tertiary/aromatic N) is 1. The van der Waals surface area contributed by atoms with Crippen LogP contribution in [0, 0.1) is 4.91 Å². The molecule has 1 aromatic rings.